The molecule has 2 rings (SSSR count). The first-order valence-corrected chi connectivity index (χ1v) is 6.94. The van der Waals surface area contributed by atoms with Crippen LogP contribution in [0.5, 0.6) is 0 Å². The standard InChI is InChI=1S/C13H20OS/c14-9-8-12(13-7-4-10-15-13)11-5-2-1-3-6-11/h4,7,10-12,14H,1-3,5-6,8-9H2. The Morgan fingerprint density at radius 3 is 2.73 bits per heavy atom. The lowest BCUT2D eigenvalue weighted by Gasteiger charge is -2.29. The molecule has 84 valence electrons. The first-order valence-electron chi connectivity index (χ1n) is 6.06. The summed E-state index contributed by atoms with van der Waals surface area (Å²) < 4.78 is 0. The second-order valence-corrected chi connectivity index (χ2v) is 5.51. The van der Waals surface area contributed by atoms with E-state index in [0.717, 1.165) is 12.3 Å². The fourth-order valence-corrected chi connectivity index (χ4v) is 3.74. The van der Waals surface area contributed by atoms with Crippen LogP contribution in [0, 0.1) is 5.92 Å². The summed E-state index contributed by atoms with van der Waals surface area (Å²) in [5.74, 6) is 1.44. The summed E-state index contributed by atoms with van der Waals surface area (Å²) in [6.45, 7) is 0.332. The highest BCUT2D eigenvalue weighted by Crippen LogP contribution is 2.39. The van der Waals surface area contributed by atoms with E-state index in [1.54, 1.807) is 0 Å². The molecule has 15 heavy (non-hydrogen) atoms. The van der Waals surface area contributed by atoms with Crippen molar-refractivity contribution in [2.45, 2.75) is 44.4 Å². The van der Waals surface area contributed by atoms with Gasteiger partial charge in [0.05, 0.1) is 0 Å². The molecule has 0 spiro atoms. The van der Waals surface area contributed by atoms with E-state index < -0.39 is 0 Å². The van der Waals surface area contributed by atoms with Gasteiger partial charge in [0.1, 0.15) is 0 Å². The van der Waals surface area contributed by atoms with E-state index in [2.05, 4.69) is 17.5 Å². The van der Waals surface area contributed by atoms with Gasteiger partial charge in [-0.15, -0.1) is 11.3 Å². The second kappa shape index (κ2) is 5.66. The highest BCUT2D eigenvalue weighted by Gasteiger charge is 2.25. The zero-order chi connectivity index (χ0) is 10.5. The topological polar surface area (TPSA) is 20.2 Å². The molecule has 0 radical (unpaired) electrons. The van der Waals surface area contributed by atoms with Gasteiger partial charge in [0.15, 0.2) is 0 Å². The van der Waals surface area contributed by atoms with Gasteiger partial charge in [-0.25, -0.2) is 0 Å². The molecule has 0 saturated heterocycles. The highest BCUT2D eigenvalue weighted by molar-refractivity contribution is 7.10. The first-order chi connectivity index (χ1) is 7.42. The zero-order valence-corrected chi connectivity index (χ0v) is 10.0. The first kappa shape index (κ1) is 11.2. The maximum atomic E-state index is 9.17. The molecule has 1 saturated carbocycles. The van der Waals surface area contributed by atoms with Crippen molar-refractivity contribution in [3.63, 3.8) is 0 Å². The fraction of sp³-hybridized carbons (Fsp3) is 0.692. The van der Waals surface area contributed by atoms with Crippen LogP contribution in [0.1, 0.15) is 49.3 Å². The Balaban J connectivity index is 2.04. The number of aliphatic hydroxyl groups excluding tert-OH is 1. The lowest BCUT2D eigenvalue weighted by molar-refractivity contribution is 0.231. The van der Waals surface area contributed by atoms with Crippen molar-refractivity contribution in [1.29, 1.82) is 0 Å². The van der Waals surface area contributed by atoms with Gasteiger partial charge in [0.2, 0.25) is 0 Å². The normalized spacial score (nSPS) is 20.3. The monoisotopic (exact) mass is 224 g/mol. The van der Waals surface area contributed by atoms with Crippen molar-refractivity contribution in [3.05, 3.63) is 22.4 Å². The Hall–Kier alpha value is -0.340. The van der Waals surface area contributed by atoms with Crippen molar-refractivity contribution >= 4 is 11.3 Å². The molecule has 0 aromatic carbocycles. The molecular weight excluding hydrogens is 204 g/mol. The smallest absolute Gasteiger partial charge is 0.0437 e. The number of rotatable bonds is 4. The molecule has 0 bridgehead atoms. The van der Waals surface area contributed by atoms with Gasteiger partial charge < -0.3 is 5.11 Å². The maximum absolute atomic E-state index is 9.17. The molecule has 0 aliphatic heterocycles. The fourth-order valence-electron chi connectivity index (χ4n) is 2.79. The Morgan fingerprint density at radius 1 is 1.33 bits per heavy atom. The molecule has 1 aromatic rings. The third-order valence-electron chi connectivity index (χ3n) is 3.57. The third-order valence-corrected chi connectivity index (χ3v) is 4.57. The van der Waals surface area contributed by atoms with Crippen molar-refractivity contribution in [1.82, 2.24) is 0 Å². The molecule has 0 amide bonds. The predicted molar refractivity (Wildman–Crippen MR) is 65.3 cm³/mol. The van der Waals surface area contributed by atoms with Gasteiger partial charge >= 0.3 is 0 Å². The molecule has 2 heteroatoms. The second-order valence-electron chi connectivity index (χ2n) is 4.53. The molecule has 1 nitrogen and oxygen atoms in total. The molecule has 1 fully saturated rings. The predicted octanol–water partition coefficient (Wildman–Crippen LogP) is 3.79. The quantitative estimate of drug-likeness (QED) is 0.825. The molecule has 1 aromatic heterocycles. The Labute approximate surface area is 96.1 Å². The third kappa shape index (κ3) is 2.82. The summed E-state index contributed by atoms with van der Waals surface area (Å²) in [5, 5.41) is 11.3. The minimum atomic E-state index is 0.332. The minimum absolute atomic E-state index is 0.332. The summed E-state index contributed by atoms with van der Waals surface area (Å²) in [7, 11) is 0. The van der Waals surface area contributed by atoms with E-state index in [1.807, 2.05) is 11.3 Å². The zero-order valence-electron chi connectivity index (χ0n) is 9.19. The van der Waals surface area contributed by atoms with Crippen molar-refractivity contribution in [3.8, 4) is 0 Å². The molecule has 1 aliphatic carbocycles. The van der Waals surface area contributed by atoms with Crippen LogP contribution in [0.25, 0.3) is 0 Å². The summed E-state index contributed by atoms with van der Waals surface area (Å²) >= 11 is 1.85. The van der Waals surface area contributed by atoms with Gasteiger partial charge in [-0.3, -0.25) is 0 Å². The van der Waals surface area contributed by atoms with E-state index in [9.17, 15) is 5.11 Å². The summed E-state index contributed by atoms with van der Waals surface area (Å²) in [6, 6.07) is 4.37. The molecular formula is C13H20OS. The van der Waals surface area contributed by atoms with Crippen LogP contribution in [-0.2, 0) is 0 Å². The van der Waals surface area contributed by atoms with E-state index in [0.29, 0.717) is 12.5 Å². The Morgan fingerprint density at radius 2 is 2.13 bits per heavy atom. The minimum Gasteiger partial charge on any atom is -0.396 e. The van der Waals surface area contributed by atoms with Crippen LogP contribution in [0.3, 0.4) is 0 Å². The van der Waals surface area contributed by atoms with Crippen LogP contribution >= 0.6 is 11.3 Å². The highest BCUT2D eigenvalue weighted by atomic mass is 32.1. The average Bonchev–Trinajstić information content (AvgIpc) is 2.80. The van der Waals surface area contributed by atoms with Gasteiger partial charge in [-0.1, -0.05) is 25.3 Å². The maximum Gasteiger partial charge on any atom is 0.0437 e. The molecule has 1 atom stereocenters. The van der Waals surface area contributed by atoms with Crippen molar-refractivity contribution in [2.75, 3.05) is 6.61 Å². The molecule has 1 aliphatic rings. The number of thiophene rings is 1. The van der Waals surface area contributed by atoms with Crippen LogP contribution in [0.2, 0.25) is 0 Å². The van der Waals surface area contributed by atoms with Crippen molar-refractivity contribution in [2.24, 2.45) is 5.92 Å². The SMILES string of the molecule is OCCC(c1cccs1)C1CCCCC1. The molecule has 1 unspecified atom stereocenters. The summed E-state index contributed by atoms with van der Waals surface area (Å²) in [4.78, 5) is 1.48. The molecule has 1 N–H and O–H groups in total. The summed E-state index contributed by atoms with van der Waals surface area (Å²) in [5.41, 5.74) is 0. The lowest BCUT2D eigenvalue weighted by atomic mass is 9.78. The average molecular weight is 224 g/mol. The van der Waals surface area contributed by atoms with E-state index in [4.69, 9.17) is 0 Å². The van der Waals surface area contributed by atoms with Gasteiger partial charge in [-0.05, 0) is 42.5 Å². The Bertz CT molecular complexity index is 262. The van der Waals surface area contributed by atoms with Gasteiger partial charge in [-0.2, -0.15) is 0 Å². The van der Waals surface area contributed by atoms with E-state index in [1.165, 1.54) is 37.0 Å². The summed E-state index contributed by atoms with van der Waals surface area (Å²) in [6.07, 6.45) is 7.86. The van der Waals surface area contributed by atoms with Crippen LogP contribution in [0.4, 0.5) is 0 Å². The number of aliphatic hydroxyl groups is 1. The van der Waals surface area contributed by atoms with Gasteiger partial charge in [0.25, 0.3) is 0 Å². The van der Waals surface area contributed by atoms with E-state index >= 15 is 0 Å². The van der Waals surface area contributed by atoms with Crippen LogP contribution in [0.15, 0.2) is 17.5 Å². The van der Waals surface area contributed by atoms with Crippen LogP contribution < -0.4 is 0 Å². The lowest BCUT2D eigenvalue weighted by Crippen LogP contribution is -2.16. The number of hydrogen-bond donors (Lipinski definition) is 1. The van der Waals surface area contributed by atoms with Gasteiger partial charge in [0, 0.05) is 11.5 Å². The van der Waals surface area contributed by atoms with E-state index in [-0.39, 0.29) is 0 Å². The van der Waals surface area contributed by atoms with Crippen molar-refractivity contribution < 1.29 is 5.11 Å². The van der Waals surface area contributed by atoms with Crippen LogP contribution in [-0.4, -0.2) is 11.7 Å². The molecule has 1 heterocycles. The number of hydrogen-bond acceptors (Lipinski definition) is 2. The largest absolute Gasteiger partial charge is 0.396 e. The Kier molecular flexibility index (Phi) is 4.21.